The fourth-order valence-corrected chi connectivity index (χ4v) is 5.08. The highest BCUT2D eigenvalue weighted by atomic mass is 127. The number of piperidine rings is 1. The third-order valence-corrected chi connectivity index (χ3v) is 6.74. The quantitative estimate of drug-likeness (QED) is 0.242. The van der Waals surface area contributed by atoms with E-state index in [2.05, 4.69) is 22.0 Å². The molecule has 0 aromatic carbocycles. The Labute approximate surface area is 188 Å². The van der Waals surface area contributed by atoms with E-state index in [0.29, 0.717) is 0 Å². The Hall–Kier alpha value is -0.570. The van der Waals surface area contributed by atoms with Crippen LogP contribution in [0.15, 0.2) is 4.99 Å². The van der Waals surface area contributed by atoms with E-state index in [9.17, 15) is 4.79 Å². The van der Waals surface area contributed by atoms with Gasteiger partial charge in [0.1, 0.15) is 0 Å². The molecule has 0 spiro atoms. The van der Waals surface area contributed by atoms with Crippen LogP contribution in [0.3, 0.4) is 0 Å². The lowest BCUT2D eigenvalue weighted by Crippen LogP contribution is -2.40. The van der Waals surface area contributed by atoms with Crippen molar-refractivity contribution in [3.63, 3.8) is 0 Å². The van der Waals surface area contributed by atoms with Crippen LogP contribution in [0.1, 0.15) is 58.3 Å². The predicted molar refractivity (Wildman–Crippen MR) is 126 cm³/mol. The smallest absolute Gasteiger partial charge is 0.220 e. The lowest BCUT2D eigenvalue weighted by atomic mass is 9.82. The standard InChI is InChI=1S/C21H39N5O.HI/c1-2-23-21(26-15-18-7-3-4-8-19(18)16-26)24-11-5-6-12-25-13-9-17(10-14-25)20(22)27;/h17-19H,2-16H2,1H3,(H2,22,27)(H,23,24);1H. The second kappa shape index (κ2) is 12.2. The average molecular weight is 505 g/mol. The first-order valence-electron chi connectivity index (χ1n) is 11.2. The molecule has 0 radical (unpaired) electrons. The van der Waals surface area contributed by atoms with Gasteiger partial charge in [-0.2, -0.15) is 0 Å². The van der Waals surface area contributed by atoms with Gasteiger partial charge in [0.15, 0.2) is 5.96 Å². The Kier molecular flexibility index (Phi) is 10.3. The summed E-state index contributed by atoms with van der Waals surface area (Å²) in [4.78, 5) is 21.2. The Bertz CT molecular complexity index is 493. The highest BCUT2D eigenvalue weighted by Gasteiger charge is 2.35. The molecule has 1 aliphatic carbocycles. The van der Waals surface area contributed by atoms with Crippen LogP contribution in [-0.2, 0) is 4.79 Å². The number of hydrogen-bond donors (Lipinski definition) is 2. The summed E-state index contributed by atoms with van der Waals surface area (Å²) in [6.45, 7) is 9.55. The minimum atomic E-state index is -0.123. The van der Waals surface area contributed by atoms with Crippen molar-refractivity contribution in [3.05, 3.63) is 0 Å². The zero-order valence-corrected chi connectivity index (χ0v) is 19.9. The number of hydrogen-bond acceptors (Lipinski definition) is 3. The summed E-state index contributed by atoms with van der Waals surface area (Å²) in [5.41, 5.74) is 5.41. The van der Waals surface area contributed by atoms with E-state index in [1.807, 2.05) is 0 Å². The van der Waals surface area contributed by atoms with Crippen LogP contribution in [0.2, 0.25) is 0 Å². The van der Waals surface area contributed by atoms with E-state index < -0.39 is 0 Å². The normalized spacial score (nSPS) is 26.6. The van der Waals surface area contributed by atoms with Crippen LogP contribution in [0, 0.1) is 17.8 Å². The zero-order valence-electron chi connectivity index (χ0n) is 17.6. The number of fused-ring (bicyclic) bond motifs is 1. The first-order valence-corrected chi connectivity index (χ1v) is 11.2. The van der Waals surface area contributed by atoms with E-state index in [0.717, 1.165) is 69.8 Å². The number of aliphatic imine (C=N–C) groups is 1. The number of primary amides is 1. The van der Waals surface area contributed by atoms with Crippen LogP contribution in [0.5, 0.6) is 0 Å². The van der Waals surface area contributed by atoms with Crippen LogP contribution in [-0.4, -0.2) is 67.5 Å². The topological polar surface area (TPSA) is 74.0 Å². The molecule has 2 atom stereocenters. The van der Waals surface area contributed by atoms with Crippen molar-refractivity contribution in [1.29, 1.82) is 0 Å². The molecule has 2 aliphatic heterocycles. The van der Waals surface area contributed by atoms with E-state index in [1.165, 1.54) is 45.2 Å². The minimum Gasteiger partial charge on any atom is -0.369 e. The second-order valence-corrected chi connectivity index (χ2v) is 8.67. The van der Waals surface area contributed by atoms with Gasteiger partial charge >= 0.3 is 0 Å². The summed E-state index contributed by atoms with van der Waals surface area (Å²) in [5, 5.41) is 3.51. The number of unbranched alkanes of at least 4 members (excludes halogenated alkanes) is 1. The number of halogens is 1. The Morgan fingerprint density at radius 3 is 2.29 bits per heavy atom. The van der Waals surface area contributed by atoms with Crippen molar-refractivity contribution < 1.29 is 4.79 Å². The fraction of sp³-hybridized carbons (Fsp3) is 0.905. The SMILES string of the molecule is CCNC(=NCCCCN1CCC(C(N)=O)CC1)N1CC2CCCCC2C1.I. The van der Waals surface area contributed by atoms with Crippen LogP contribution >= 0.6 is 24.0 Å². The lowest BCUT2D eigenvalue weighted by molar-refractivity contribution is -0.123. The van der Waals surface area contributed by atoms with Crippen molar-refractivity contribution in [2.45, 2.75) is 58.3 Å². The molecule has 0 bridgehead atoms. The molecule has 7 heteroatoms. The molecule has 6 nitrogen and oxygen atoms in total. The number of nitrogens with one attached hydrogen (secondary N) is 1. The number of carbonyl (C=O) groups excluding carboxylic acids is 1. The second-order valence-electron chi connectivity index (χ2n) is 8.67. The molecule has 162 valence electrons. The summed E-state index contributed by atoms with van der Waals surface area (Å²) in [7, 11) is 0. The third kappa shape index (κ3) is 6.75. The van der Waals surface area contributed by atoms with Crippen LogP contribution < -0.4 is 11.1 Å². The molecule has 3 aliphatic rings. The van der Waals surface area contributed by atoms with Gasteiger partial charge in [0.2, 0.25) is 5.91 Å². The molecule has 2 saturated heterocycles. The van der Waals surface area contributed by atoms with Crippen molar-refractivity contribution in [1.82, 2.24) is 15.1 Å². The molecule has 3 rings (SSSR count). The van der Waals surface area contributed by atoms with Gasteiger partial charge in [-0.15, -0.1) is 24.0 Å². The number of rotatable bonds is 7. The molecular formula is C21H40IN5O. The summed E-state index contributed by atoms with van der Waals surface area (Å²) >= 11 is 0. The molecule has 1 amide bonds. The maximum atomic E-state index is 11.2. The summed E-state index contributed by atoms with van der Waals surface area (Å²) in [5.74, 6) is 2.89. The fourth-order valence-electron chi connectivity index (χ4n) is 5.08. The summed E-state index contributed by atoms with van der Waals surface area (Å²) in [6, 6.07) is 0. The van der Waals surface area contributed by atoms with Crippen molar-refractivity contribution in [2.75, 3.05) is 45.8 Å². The molecule has 0 aromatic heterocycles. The predicted octanol–water partition coefficient (Wildman–Crippen LogP) is 2.67. The Balaban J connectivity index is 0.00000280. The highest BCUT2D eigenvalue weighted by molar-refractivity contribution is 14.0. The van der Waals surface area contributed by atoms with Crippen LogP contribution in [0.4, 0.5) is 0 Å². The molecular weight excluding hydrogens is 465 g/mol. The Morgan fingerprint density at radius 1 is 1.07 bits per heavy atom. The van der Waals surface area contributed by atoms with Crippen LogP contribution in [0.25, 0.3) is 0 Å². The minimum absolute atomic E-state index is 0. The van der Waals surface area contributed by atoms with Gasteiger partial charge in [-0.1, -0.05) is 12.8 Å². The number of nitrogens with zero attached hydrogens (tertiary/aromatic N) is 3. The number of likely N-dealkylation sites (tertiary alicyclic amines) is 2. The first-order chi connectivity index (χ1) is 13.2. The van der Waals surface area contributed by atoms with Gasteiger partial charge in [-0.25, -0.2) is 0 Å². The van der Waals surface area contributed by atoms with E-state index in [4.69, 9.17) is 10.7 Å². The monoisotopic (exact) mass is 505 g/mol. The van der Waals surface area contributed by atoms with Crippen molar-refractivity contribution >= 4 is 35.8 Å². The molecule has 2 heterocycles. The van der Waals surface area contributed by atoms with E-state index in [1.54, 1.807) is 0 Å². The summed E-state index contributed by atoms with van der Waals surface area (Å²) in [6.07, 6.45) is 9.81. The molecule has 1 saturated carbocycles. The number of nitrogens with two attached hydrogens (primary N) is 1. The van der Waals surface area contributed by atoms with Crippen molar-refractivity contribution in [3.8, 4) is 0 Å². The average Bonchev–Trinajstić information content (AvgIpc) is 3.11. The van der Waals surface area contributed by atoms with Gasteiger partial charge < -0.3 is 20.9 Å². The summed E-state index contributed by atoms with van der Waals surface area (Å²) < 4.78 is 0. The molecule has 28 heavy (non-hydrogen) atoms. The number of guanidine groups is 1. The third-order valence-electron chi connectivity index (χ3n) is 6.74. The highest BCUT2D eigenvalue weighted by Crippen LogP contribution is 2.35. The van der Waals surface area contributed by atoms with E-state index >= 15 is 0 Å². The van der Waals surface area contributed by atoms with Gasteiger partial charge in [0.05, 0.1) is 0 Å². The first kappa shape index (κ1) is 23.7. The number of carbonyl (C=O) groups is 1. The maximum absolute atomic E-state index is 11.2. The largest absolute Gasteiger partial charge is 0.369 e. The Morgan fingerprint density at radius 2 is 1.71 bits per heavy atom. The molecule has 3 N–H and O–H groups in total. The molecule has 0 aromatic rings. The van der Waals surface area contributed by atoms with Gasteiger partial charge in [-0.3, -0.25) is 9.79 Å². The molecule has 2 unspecified atom stereocenters. The zero-order chi connectivity index (χ0) is 19.1. The van der Waals surface area contributed by atoms with Gasteiger partial charge in [0.25, 0.3) is 0 Å². The van der Waals surface area contributed by atoms with Gasteiger partial charge in [0, 0.05) is 32.1 Å². The number of amides is 1. The van der Waals surface area contributed by atoms with Gasteiger partial charge in [-0.05, 0) is 76.9 Å². The molecule has 3 fully saturated rings. The van der Waals surface area contributed by atoms with Crippen molar-refractivity contribution in [2.24, 2.45) is 28.5 Å². The van der Waals surface area contributed by atoms with E-state index in [-0.39, 0.29) is 35.8 Å². The lowest BCUT2D eigenvalue weighted by Gasteiger charge is -2.30. The maximum Gasteiger partial charge on any atom is 0.220 e.